The number of rotatable bonds is 37. The van der Waals surface area contributed by atoms with Crippen LogP contribution in [-0.2, 0) is 4.79 Å². The van der Waals surface area contributed by atoms with Crippen molar-refractivity contribution in [1.82, 2.24) is 5.32 Å². The van der Waals surface area contributed by atoms with Crippen LogP contribution in [-0.4, -0.2) is 46.1 Å². The summed E-state index contributed by atoms with van der Waals surface area (Å²) in [5.41, 5.74) is 0. The Labute approximate surface area is 292 Å². The lowest BCUT2D eigenvalue weighted by atomic mass is 10.0. The summed E-state index contributed by atoms with van der Waals surface area (Å²) in [6.45, 7) is 4.14. The first-order valence-corrected chi connectivity index (χ1v) is 20.6. The third kappa shape index (κ3) is 33.1. The highest BCUT2D eigenvalue weighted by Gasteiger charge is 2.26. The van der Waals surface area contributed by atoms with Crippen LogP contribution in [0.25, 0.3) is 0 Å². The van der Waals surface area contributed by atoms with Gasteiger partial charge in [0.15, 0.2) is 0 Å². The predicted molar refractivity (Wildman–Crippen MR) is 204 cm³/mol. The molecule has 0 radical (unpaired) electrons. The molecule has 4 N–H and O–H groups in total. The maximum absolute atomic E-state index is 12.3. The van der Waals surface area contributed by atoms with Gasteiger partial charge in [0.05, 0.1) is 18.8 Å². The first-order valence-electron chi connectivity index (χ1n) is 20.6. The van der Waals surface area contributed by atoms with Crippen molar-refractivity contribution in [2.45, 2.75) is 231 Å². The zero-order valence-corrected chi connectivity index (χ0v) is 31.4. The highest BCUT2D eigenvalue weighted by Crippen LogP contribution is 2.15. The van der Waals surface area contributed by atoms with Crippen molar-refractivity contribution in [2.24, 2.45) is 0 Å². The van der Waals surface area contributed by atoms with Crippen LogP contribution >= 0.6 is 0 Å². The van der Waals surface area contributed by atoms with Crippen molar-refractivity contribution in [2.75, 3.05) is 6.61 Å². The number of hydrogen-bond acceptors (Lipinski definition) is 4. The summed E-state index contributed by atoms with van der Waals surface area (Å²) < 4.78 is 0. The van der Waals surface area contributed by atoms with Crippen LogP contribution in [0.5, 0.6) is 0 Å². The molecule has 0 aromatic heterocycles. The van der Waals surface area contributed by atoms with Crippen LogP contribution in [0.4, 0.5) is 0 Å². The SMILES string of the molecule is CCCCC/C=C\CCCCCCCC(=O)NC(CO)C(O)C(O)CCC/C=C/CCCCCCCCCCCCCCCCCC. The summed E-state index contributed by atoms with van der Waals surface area (Å²) in [5, 5.41) is 33.4. The first-order chi connectivity index (χ1) is 23.1. The van der Waals surface area contributed by atoms with Gasteiger partial charge in [-0.05, 0) is 64.2 Å². The molecule has 0 saturated carbocycles. The molecule has 0 saturated heterocycles. The lowest BCUT2D eigenvalue weighted by Gasteiger charge is -2.26. The van der Waals surface area contributed by atoms with Crippen LogP contribution < -0.4 is 5.32 Å². The largest absolute Gasteiger partial charge is 0.394 e. The molecule has 0 rings (SSSR count). The van der Waals surface area contributed by atoms with E-state index >= 15 is 0 Å². The van der Waals surface area contributed by atoms with Crippen molar-refractivity contribution in [3.63, 3.8) is 0 Å². The lowest BCUT2D eigenvalue weighted by Crippen LogP contribution is -2.50. The number of aliphatic hydroxyl groups is 3. The molecule has 0 fully saturated rings. The number of allylic oxidation sites excluding steroid dienone is 4. The van der Waals surface area contributed by atoms with Crippen molar-refractivity contribution in [1.29, 1.82) is 0 Å². The predicted octanol–water partition coefficient (Wildman–Crippen LogP) is 11.4. The van der Waals surface area contributed by atoms with E-state index < -0.39 is 18.2 Å². The maximum Gasteiger partial charge on any atom is 0.220 e. The van der Waals surface area contributed by atoms with Gasteiger partial charge in [0.25, 0.3) is 0 Å². The standard InChI is InChI=1S/C42H81NO4/c1-3-5-7-9-11-13-15-17-18-19-20-21-22-23-24-25-26-28-30-32-34-36-40(45)42(47)39(38-44)43-41(46)37-35-33-31-29-27-16-14-12-10-8-6-4-2/h12,14,28,30,39-40,42,44-45,47H,3-11,13,15-27,29,31-38H2,1-2H3,(H,43,46)/b14-12-,30-28+. The summed E-state index contributed by atoms with van der Waals surface area (Å²) in [4.78, 5) is 12.3. The van der Waals surface area contributed by atoms with Gasteiger partial charge >= 0.3 is 0 Å². The number of nitrogens with one attached hydrogen (secondary N) is 1. The summed E-state index contributed by atoms with van der Waals surface area (Å²) in [5.74, 6) is -0.165. The van der Waals surface area contributed by atoms with E-state index in [1.807, 2.05) is 0 Å². The van der Waals surface area contributed by atoms with Gasteiger partial charge in [-0.15, -0.1) is 0 Å². The Hall–Kier alpha value is -1.17. The number of carbonyl (C=O) groups excluding carboxylic acids is 1. The molecule has 0 spiro atoms. The van der Waals surface area contributed by atoms with E-state index in [-0.39, 0.29) is 12.5 Å². The van der Waals surface area contributed by atoms with E-state index in [0.717, 1.165) is 44.9 Å². The Bertz CT molecular complexity index is 694. The molecule has 0 bridgehead atoms. The number of unbranched alkanes of at least 4 members (excludes halogenated alkanes) is 25. The van der Waals surface area contributed by atoms with Crippen LogP contribution in [0.2, 0.25) is 0 Å². The van der Waals surface area contributed by atoms with Gasteiger partial charge in [0.1, 0.15) is 6.10 Å². The molecule has 0 aliphatic carbocycles. The highest BCUT2D eigenvalue weighted by atomic mass is 16.3. The van der Waals surface area contributed by atoms with Gasteiger partial charge in [-0.2, -0.15) is 0 Å². The Kier molecular flexibility index (Phi) is 36.7. The van der Waals surface area contributed by atoms with E-state index in [9.17, 15) is 20.1 Å². The fourth-order valence-corrected chi connectivity index (χ4v) is 6.27. The van der Waals surface area contributed by atoms with E-state index in [1.165, 1.54) is 141 Å². The number of carbonyl (C=O) groups is 1. The van der Waals surface area contributed by atoms with Crippen LogP contribution in [0.15, 0.2) is 24.3 Å². The fraction of sp³-hybridized carbons (Fsp3) is 0.881. The molecule has 278 valence electrons. The maximum atomic E-state index is 12.3. The van der Waals surface area contributed by atoms with Gasteiger partial charge in [-0.3, -0.25) is 4.79 Å². The minimum absolute atomic E-state index is 0.165. The van der Waals surface area contributed by atoms with E-state index in [0.29, 0.717) is 12.8 Å². The summed E-state index contributed by atoms with van der Waals surface area (Å²) in [6, 6.07) is -0.827. The number of hydrogen-bond donors (Lipinski definition) is 4. The minimum Gasteiger partial charge on any atom is -0.394 e. The van der Waals surface area contributed by atoms with E-state index in [1.54, 1.807) is 0 Å². The monoisotopic (exact) mass is 664 g/mol. The lowest BCUT2D eigenvalue weighted by molar-refractivity contribution is -0.124. The van der Waals surface area contributed by atoms with Gasteiger partial charge in [-0.25, -0.2) is 0 Å². The van der Waals surface area contributed by atoms with Gasteiger partial charge in [0, 0.05) is 6.42 Å². The van der Waals surface area contributed by atoms with Crippen LogP contribution in [0.3, 0.4) is 0 Å². The van der Waals surface area contributed by atoms with Crippen LogP contribution in [0.1, 0.15) is 213 Å². The Balaban J connectivity index is 3.66. The molecule has 0 aliphatic rings. The molecule has 1 amide bonds. The summed E-state index contributed by atoms with van der Waals surface area (Å²) in [7, 11) is 0. The average molecular weight is 664 g/mol. The Morgan fingerprint density at radius 3 is 1.28 bits per heavy atom. The first kappa shape index (κ1) is 45.8. The number of amides is 1. The van der Waals surface area contributed by atoms with Gasteiger partial charge in [0.2, 0.25) is 5.91 Å². The summed E-state index contributed by atoms with van der Waals surface area (Å²) >= 11 is 0. The third-order valence-electron chi connectivity index (χ3n) is 9.53. The molecular formula is C42H81NO4. The Morgan fingerprint density at radius 2 is 0.851 bits per heavy atom. The molecule has 5 nitrogen and oxygen atoms in total. The van der Waals surface area contributed by atoms with Crippen molar-refractivity contribution >= 4 is 5.91 Å². The van der Waals surface area contributed by atoms with Gasteiger partial charge < -0.3 is 20.6 Å². The molecule has 5 heteroatoms. The second kappa shape index (κ2) is 37.6. The van der Waals surface area contributed by atoms with Crippen molar-refractivity contribution < 1.29 is 20.1 Å². The number of aliphatic hydroxyl groups excluding tert-OH is 3. The molecule has 3 unspecified atom stereocenters. The Morgan fingerprint density at radius 1 is 0.511 bits per heavy atom. The fourth-order valence-electron chi connectivity index (χ4n) is 6.27. The van der Waals surface area contributed by atoms with E-state index in [2.05, 4.69) is 43.5 Å². The normalized spacial score (nSPS) is 13.9. The van der Waals surface area contributed by atoms with Crippen molar-refractivity contribution in [3.05, 3.63) is 24.3 Å². The summed E-state index contributed by atoms with van der Waals surface area (Å²) in [6.07, 6.45) is 44.3. The van der Waals surface area contributed by atoms with Crippen molar-refractivity contribution in [3.8, 4) is 0 Å². The minimum atomic E-state index is -1.16. The zero-order valence-electron chi connectivity index (χ0n) is 31.4. The zero-order chi connectivity index (χ0) is 34.5. The molecule has 0 aliphatic heterocycles. The second-order valence-corrected chi connectivity index (χ2v) is 14.2. The smallest absolute Gasteiger partial charge is 0.220 e. The highest BCUT2D eigenvalue weighted by molar-refractivity contribution is 5.76. The van der Waals surface area contributed by atoms with Crippen LogP contribution in [0, 0.1) is 0 Å². The topological polar surface area (TPSA) is 89.8 Å². The molecule has 3 atom stereocenters. The second-order valence-electron chi connectivity index (χ2n) is 14.2. The molecule has 47 heavy (non-hydrogen) atoms. The quantitative estimate of drug-likeness (QED) is 0.0393. The molecular weight excluding hydrogens is 582 g/mol. The molecule has 0 aromatic rings. The third-order valence-corrected chi connectivity index (χ3v) is 9.53. The average Bonchev–Trinajstić information content (AvgIpc) is 3.07. The van der Waals surface area contributed by atoms with E-state index in [4.69, 9.17) is 0 Å². The van der Waals surface area contributed by atoms with Gasteiger partial charge in [-0.1, -0.05) is 167 Å². The molecule has 0 heterocycles. The molecule has 0 aromatic carbocycles.